The molecule has 0 atom stereocenters. The third-order valence-corrected chi connectivity index (χ3v) is 6.74. The summed E-state index contributed by atoms with van der Waals surface area (Å²) in [6.07, 6.45) is 1.23. The zero-order valence-corrected chi connectivity index (χ0v) is 17.6. The van der Waals surface area contributed by atoms with Gasteiger partial charge >= 0.3 is 0 Å². The number of pyridine rings is 1. The van der Waals surface area contributed by atoms with Crippen LogP contribution in [0.1, 0.15) is 46.0 Å². The van der Waals surface area contributed by atoms with Gasteiger partial charge in [0.1, 0.15) is 9.71 Å². The Balaban J connectivity index is 1.55. The molecule has 1 aliphatic carbocycles. The lowest BCUT2D eigenvalue weighted by molar-refractivity contribution is 0.0910. The molecule has 0 saturated carbocycles. The van der Waals surface area contributed by atoms with E-state index in [0.29, 0.717) is 32.8 Å². The zero-order valence-electron chi connectivity index (χ0n) is 16.8. The molecule has 0 fully saturated rings. The van der Waals surface area contributed by atoms with Crippen LogP contribution >= 0.6 is 11.3 Å². The van der Waals surface area contributed by atoms with E-state index in [0.717, 1.165) is 28.6 Å². The molecule has 1 aliphatic rings. The lowest BCUT2D eigenvalue weighted by Crippen LogP contribution is -2.27. The van der Waals surface area contributed by atoms with Crippen LogP contribution in [0.2, 0.25) is 0 Å². The molecular formula is C24H21N3O2S. The Hall–Kier alpha value is -3.25. The summed E-state index contributed by atoms with van der Waals surface area (Å²) in [6.45, 7) is 4.15. The summed E-state index contributed by atoms with van der Waals surface area (Å²) in [5.74, 6) is -0.181. The molecule has 0 unspecified atom stereocenters. The molecular weight excluding hydrogens is 394 g/mol. The minimum Gasteiger partial charge on any atom is -0.397 e. The number of carbonyl (C=O) groups excluding carboxylic acids is 2. The Morgan fingerprint density at radius 3 is 2.70 bits per heavy atom. The van der Waals surface area contributed by atoms with Gasteiger partial charge in [-0.05, 0) is 29.4 Å². The summed E-state index contributed by atoms with van der Waals surface area (Å²) in [4.78, 5) is 31.5. The van der Waals surface area contributed by atoms with Gasteiger partial charge in [0.15, 0.2) is 5.78 Å². The lowest BCUT2D eigenvalue weighted by Gasteiger charge is -2.29. The van der Waals surface area contributed by atoms with Crippen LogP contribution in [-0.4, -0.2) is 16.7 Å². The van der Waals surface area contributed by atoms with E-state index in [1.807, 2.05) is 48.5 Å². The predicted molar refractivity (Wildman–Crippen MR) is 122 cm³/mol. The number of nitrogens with one attached hydrogen (secondary N) is 1. The second-order valence-corrected chi connectivity index (χ2v) is 9.60. The van der Waals surface area contributed by atoms with Gasteiger partial charge in [-0.15, -0.1) is 11.3 Å². The lowest BCUT2D eigenvalue weighted by atomic mass is 9.75. The van der Waals surface area contributed by atoms with Crippen LogP contribution in [0.15, 0.2) is 48.5 Å². The number of thiophene rings is 1. The maximum absolute atomic E-state index is 13.1. The molecule has 2 aromatic carbocycles. The normalized spacial score (nSPS) is 15.3. The highest BCUT2D eigenvalue weighted by atomic mass is 32.1. The van der Waals surface area contributed by atoms with Crippen molar-refractivity contribution in [3.05, 3.63) is 64.7 Å². The second-order valence-electron chi connectivity index (χ2n) is 8.60. The maximum Gasteiger partial charge on any atom is 0.267 e. The Labute approximate surface area is 177 Å². The smallest absolute Gasteiger partial charge is 0.267 e. The summed E-state index contributed by atoms with van der Waals surface area (Å²) in [5, 5.41) is 5.69. The summed E-state index contributed by atoms with van der Waals surface area (Å²) in [7, 11) is 0. The highest BCUT2D eigenvalue weighted by molar-refractivity contribution is 7.21. The number of nitrogen functional groups attached to an aromatic ring is 1. The van der Waals surface area contributed by atoms with E-state index < -0.39 is 0 Å². The molecule has 0 radical (unpaired) electrons. The Kier molecular flexibility index (Phi) is 4.15. The number of Topliss-reactive ketones (excluding diaryl/α,β-unsaturated/α-hetero) is 1. The third kappa shape index (κ3) is 3.04. The molecule has 6 heteroatoms. The van der Waals surface area contributed by atoms with E-state index in [1.165, 1.54) is 11.3 Å². The molecule has 1 amide bonds. The van der Waals surface area contributed by atoms with Crippen LogP contribution in [0.4, 0.5) is 11.4 Å². The van der Waals surface area contributed by atoms with Gasteiger partial charge < -0.3 is 11.1 Å². The van der Waals surface area contributed by atoms with Crippen molar-refractivity contribution < 1.29 is 9.59 Å². The van der Waals surface area contributed by atoms with Gasteiger partial charge in [-0.3, -0.25) is 9.59 Å². The minimum atomic E-state index is -0.267. The Bertz CT molecular complexity index is 1350. The first-order chi connectivity index (χ1) is 14.3. The molecule has 2 aromatic heterocycles. The van der Waals surface area contributed by atoms with Crippen LogP contribution in [0, 0.1) is 5.41 Å². The fourth-order valence-electron chi connectivity index (χ4n) is 4.18. The van der Waals surface area contributed by atoms with Gasteiger partial charge in [-0.1, -0.05) is 50.2 Å². The first-order valence-electron chi connectivity index (χ1n) is 9.87. The first kappa shape index (κ1) is 18.8. The first-order valence-corrected chi connectivity index (χ1v) is 10.7. The van der Waals surface area contributed by atoms with Crippen LogP contribution in [0.3, 0.4) is 0 Å². The number of benzene rings is 2. The van der Waals surface area contributed by atoms with E-state index in [9.17, 15) is 9.59 Å². The SMILES string of the molecule is CC1(C)CC(=O)c2cc3c(N)c(C(=O)Nc4cccc5ccccc45)sc3nc2C1. The number of anilines is 2. The highest BCUT2D eigenvalue weighted by Crippen LogP contribution is 2.39. The topological polar surface area (TPSA) is 85.1 Å². The van der Waals surface area contributed by atoms with E-state index >= 15 is 0 Å². The number of fused-ring (bicyclic) bond motifs is 3. The van der Waals surface area contributed by atoms with Gasteiger partial charge in [-0.2, -0.15) is 0 Å². The summed E-state index contributed by atoms with van der Waals surface area (Å²) in [5.41, 5.74) is 8.77. The number of nitrogens with two attached hydrogens (primary N) is 1. The summed E-state index contributed by atoms with van der Waals surface area (Å²) < 4.78 is 0. The van der Waals surface area contributed by atoms with Crippen molar-refractivity contribution in [2.75, 3.05) is 11.1 Å². The molecule has 0 aliphatic heterocycles. The van der Waals surface area contributed by atoms with Crippen molar-refractivity contribution >= 4 is 55.4 Å². The monoisotopic (exact) mass is 415 g/mol. The quantitative estimate of drug-likeness (QED) is 0.456. The van der Waals surface area contributed by atoms with Gasteiger partial charge in [0, 0.05) is 28.4 Å². The fourth-order valence-corrected chi connectivity index (χ4v) is 5.17. The average molecular weight is 416 g/mol. The average Bonchev–Trinajstić information content (AvgIpc) is 3.02. The summed E-state index contributed by atoms with van der Waals surface area (Å²) >= 11 is 1.27. The molecule has 0 bridgehead atoms. The standard InChI is InChI=1S/C24H21N3O2S/c1-24(2)11-18-15(19(28)12-24)10-16-20(25)21(30-23(16)27-18)22(29)26-17-9-5-7-13-6-3-4-8-14(13)17/h3-10H,11-12,25H2,1-2H3,(H,26,29). The van der Waals surface area contributed by atoms with Gasteiger partial charge in [0.2, 0.25) is 0 Å². The maximum atomic E-state index is 13.1. The fraction of sp³-hybridized carbons (Fsp3) is 0.208. The number of carbonyl (C=O) groups is 2. The number of hydrogen-bond donors (Lipinski definition) is 2. The van der Waals surface area contributed by atoms with Crippen LogP contribution in [0.5, 0.6) is 0 Å². The number of hydrogen-bond acceptors (Lipinski definition) is 5. The Morgan fingerprint density at radius 1 is 1.10 bits per heavy atom. The number of ketones is 1. The number of amides is 1. The molecule has 0 saturated heterocycles. The molecule has 4 aromatic rings. The molecule has 2 heterocycles. The van der Waals surface area contributed by atoms with E-state index in [2.05, 4.69) is 19.2 Å². The van der Waals surface area contributed by atoms with Crippen LogP contribution < -0.4 is 11.1 Å². The van der Waals surface area contributed by atoms with Crippen molar-refractivity contribution in [1.82, 2.24) is 4.98 Å². The predicted octanol–water partition coefficient (Wildman–Crippen LogP) is 5.44. The van der Waals surface area contributed by atoms with Crippen LogP contribution in [-0.2, 0) is 6.42 Å². The largest absolute Gasteiger partial charge is 0.397 e. The number of nitrogens with zero attached hydrogens (tertiary/aromatic N) is 1. The minimum absolute atomic E-state index is 0.0861. The highest BCUT2D eigenvalue weighted by Gasteiger charge is 2.33. The van der Waals surface area contributed by atoms with Crippen LogP contribution in [0.25, 0.3) is 21.0 Å². The molecule has 0 spiro atoms. The van der Waals surface area contributed by atoms with Crippen molar-refractivity contribution in [2.45, 2.75) is 26.7 Å². The molecule has 30 heavy (non-hydrogen) atoms. The molecule has 3 N–H and O–H groups in total. The van der Waals surface area contributed by atoms with Crippen molar-refractivity contribution in [3.8, 4) is 0 Å². The van der Waals surface area contributed by atoms with E-state index in [-0.39, 0.29) is 17.1 Å². The van der Waals surface area contributed by atoms with Gasteiger partial charge in [0.25, 0.3) is 5.91 Å². The van der Waals surface area contributed by atoms with Crippen molar-refractivity contribution in [2.24, 2.45) is 5.41 Å². The van der Waals surface area contributed by atoms with Crippen molar-refractivity contribution in [1.29, 1.82) is 0 Å². The number of rotatable bonds is 2. The zero-order chi connectivity index (χ0) is 21.0. The molecule has 5 rings (SSSR count). The van der Waals surface area contributed by atoms with Gasteiger partial charge in [0.05, 0.1) is 11.4 Å². The Morgan fingerprint density at radius 2 is 1.87 bits per heavy atom. The number of aromatic nitrogens is 1. The van der Waals surface area contributed by atoms with E-state index in [4.69, 9.17) is 10.7 Å². The molecule has 150 valence electrons. The van der Waals surface area contributed by atoms with E-state index in [1.54, 1.807) is 0 Å². The second kappa shape index (κ2) is 6.64. The van der Waals surface area contributed by atoms with Crippen molar-refractivity contribution in [3.63, 3.8) is 0 Å². The van der Waals surface area contributed by atoms with Gasteiger partial charge in [-0.25, -0.2) is 4.98 Å². The third-order valence-electron chi connectivity index (χ3n) is 5.63. The molecule has 5 nitrogen and oxygen atoms in total. The summed E-state index contributed by atoms with van der Waals surface area (Å²) in [6, 6.07) is 15.5.